The number of hydrogen-bond acceptors (Lipinski definition) is 4. The van der Waals surface area contributed by atoms with Crippen LogP contribution < -0.4 is 4.74 Å². The van der Waals surface area contributed by atoms with Crippen molar-refractivity contribution < 1.29 is 17.9 Å². The highest BCUT2D eigenvalue weighted by atomic mass is 32.2. The van der Waals surface area contributed by atoms with Crippen molar-refractivity contribution in [3.63, 3.8) is 0 Å². The molecule has 0 amide bonds. The minimum absolute atomic E-state index is 0.102. The van der Waals surface area contributed by atoms with Crippen LogP contribution in [-0.4, -0.2) is 27.1 Å². The molecule has 4 bridgehead atoms. The lowest BCUT2D eigenvalue weighted by molar-refractivity contribution is -0.145. The Bertz CT molecular complexity index is 713. The molecule has 0 aromatic heterocycles. The van der Waals surface area contributed by atoms with Crippen LogP contribution in [0.15, 0.2) is 29.2 Å². The van der Waals surface area contributed by atoms with Crippen molar-refractivity contribution in [3.8, 4) is 5.75 Å². The predicted octanol–water partition coefficient (Wildman–Crippen LogP) is 3.25. The summed E-state index contributed by atoms with van der Waals surface area (Å²) in [4.78, 5) is 13.1. The molecule has 0 atom stereocenters. The Hall–Kier alpha value is -1.36. The minimum Gasteiger partial charge on any atom is -0.486 e. The molecule has 1 aromatic carbocycles. The molecular weight excluding hydrogens is 324 g/mol. The van der Waals surface area contributed by atoms with Crippen molar-refractivity contribution in [2.75, 3.05) is 12.9 Å². The van der Waals surface area contributed by atoms with Gasteiger partial charge in [-0.25, -0.2) is 8.42 Å². The number of rotatable bonds is 5. The summed E-state index contributed by atoms with van der Waals surface area (Å²) in [5.41, 5.74) is -0.137. The Kier molecular flexibility index (Phi) is 3.75. The summed E-state index contributed by atoms with van der Waals surface area (Å²) >= 11 is 0. The molecule has 4 nitrogen and oxygen atoms in total. The topological polar surface area (TPSA) is 60.4 Å². The zero-order valence-corrected chi connectivity index (χ0v) is 14.8. The molecule has 1 aromatic rings. The van der Waals surface area contributed by atoms with Gasteiger partial charge in [-0.1, -0.05) is 0 Å². The third-order valence-electron chi connectivity index (χ3n) is 6.25. The van der Waals surface area contributed by atoms with Crippen LogP contribution >= 0.6 is 0 Å². The summed E-state index contributed by atoms with van der Waals surface area (Å²) in [5, 5.41) is 0. The molecule has 0 radical (unpaired) electrons. The van der Waals surface area contributed by atoms with Crippen LogP contribution in [0.1, 0.15) is 38.5 Å². The van der Waals surface area contributed by atoms with E-state index >= 15 is 0 Å². The largest absolute Gasteiger partial charge is 0.486 e. The second kappa shape index (κ2) is 5.58. The number of carbonyl (C=O) groups is 1. The summed E-state index contributed by atoms with van der Waals surface area (Å²) in [6.45, 7) is 0.102. The number of Topliss-reactive ketones (excluding diaryl/α,β-unsaturated/α-hetero) is 1. The van der Waals surface area contributed by atoms with E-state index in [0.29, 0.717) is 5.75 Å². The number of benzene rings is 1. The van der Waals surface area contributed by atoms with E-state index < -0.39 is 9.84 Å². The van der Waals surface area contributed by atoms with Crippen molar-refractivity contribution in [1.82, 2.24) is 0 Å². The lowest BCUT2D eigenvalue weighted by atomic mass is 9.48. The van der Waals surface area contributed by atoms with Gasteiger partial charge < -0.3 is 4.74 Å². The molecule has 0 saturated heterocycles. The Balaban J connectivity index is 1.42. The number of sulfone groups is 1. The van der Waals surface area contributed by atoms with Crippen LogP contribution in [-0.2, 0) is 14.6 Å². The molecule has 130 valence electrons. The third-order valence-corrected chi connectivity index (χ3v) is 7.38. The molecule has 0 aliphatic heterocycles. The summed E-state index contributed by atoms with van der Waals surface area (Å²) in [7, 11) is -3.20. The Morgan fingerprint density at radius 3 is 2.00 bits per heavy atom. The summed E-state index contributed by atoms with van der Waals surface area (Å²) < 4.78 is 28.6. The normalized spacial score (nSPS) is 34.3. The Morgan fingerprint density at radius 1 is 1.04 bits per heavy atom. The lowest BCUT2D eigenvalue weighted by Crippen LogP contribution is -2.51. The second-order valence-electron chi connectivity index (χ2n) is 8.15. The highest BCUT2D eigenvalue weighted by Crippen LogP contribution is 2.60. The fourth-order valence-corrected chi connectivity index (χ4v) is 6.17. The number of ketones is 1. The van der Waals surface area contributed by atoms with E-state index in [4.69, 9.17) is 4.74 Å². The first-order valence-electron chi connectivity index (χ1n) is 8.80. The van der Waals surface area contributed by atoms with E-state index in [-0.39, 0.29) is 22.7 Å². The highest BCUT2D eigenvalue weighted by Gasteiger charge is 2.54. The fourth-order valence-electron chi connectivity index (χ4n) is 5.54. The Morgan fingerprint density at radius 2 is 1.54 bits per heavy atom. The van der Waals surface area contributed by atoms with Crippen molar-refractivity contribution in [2.24, 2.45) is 23.2 Å². The van der Waals surface area contributed by atoms with Crippen molar-refractivity contribution in [3.05, 3.63) is 24.3 Å². The molecule has 4 saturated carbocycles. The van der Waals surface area contributed by atoms with Crippen molar-refractivity contribution in [1.29, 1.82) is 0 Å². The van der Waals surface area contributed by atoms with Gasteiger partial charge in [0.05, 0.1) is 4.90 Å². The minimum atomic E-state index is -3.20. The zero-order chi connectivity index (χ0) is 16.9. The van der Waals surface area contributed by atoms with Crippen molar-refractivity contribution in [2.45, 2.75) is 43.4 Å². The molecule has 5 rings (SSSR count). The van der Waals surface area contributed by atoms with Crippen molar-refractivity contribution >= 4 is 15.6 Å². The van der Waals surface area contributed by atoms with E-state index in [0.717, 1.165) is 37.0 Å². The predicted molar refractivity (Wildman–Crippen MR) is 90.7 cm³/mol. The highest BCUT2D eigenvalue weighted by molar-refractivity contribution is 7.90. The number of carbonyl (C=O) groups excluding carboxylic acids is 1. The van der Waals surface area contributed by atoms with E-state index in [1.54, 1.807) is 12.1 Å². The quantitative estimate of drug-likeness (QED) is 0.819. The first-order chi connectivity index (χ1) is 11.3. The zero-order valence-electron chi connectivity index (χ0n) is 14.0. The maximum Gasteiger partial charge on any atom is 0.176 e. The lowest BCUT2D eigenvalue weighted by Gasteiger charge is -2.55. The smallest absolute Gasteiger partial charge is 0.176 e. The first kappa shape index (κ1) is 16.1. The van der Waals surface area contributed by atoms with Crippen LogP contribution in [0.4, 0.5) is 0 Å². The van der Waals surface area contributed by atoms with Gasteiger partial charge in [-0.15, -0.1) is 0 Å². The second-order valence-corrected chi connectivity index (χ2v) is 10.2. The number of ether oxygens (including phenoxy) is 1. The maximum atomic E-state index is 12.9. The molecule has 0 spiro atoms. The van der Waals surface area contributed by atoms with E-state index in [9.17, 15) is 13.2 Å². The van der Waals surface area contributed by atoms with Gasteiger partial charge in [0.15, 0.2) is 15.6 Å². The summed E-state index contributed by atoms with van der Waals surface area (Å²) in [5.74, 6) is 3.03. The van der Waals surface area contributed by atoms with Gasteiger partial charge in [0, 0.05) is 11.7 Å². The van der Waals surface area contributed by atoms with Crippen LogP contribution in [0.3, 0.4) is 0 Å². The fraction of sp³-hybridized carbons (Fsp3) is 0.632. The molecule has 4 aliphatic rings. The van der Waals surface area contributed by atoms with Gasteiger partial charge in [0.2, 0.25) is 0 Å². The van der Waals surface area contributed by atoms with E-state index in [2.05, 4.69) is 0 Å². The van der Waals surface area contributed by atoms with Gasteiger partial charge in [-0.3, -0.25) is 4.79 Å². The van der Waals surface area contributed by atoms with Gasteiger partial charge >= 0.3 is 0 Å². The molecule has 24 heavy (non-hydrogen) atoms. The first-order valence-corrected chi connectivity index (χ1v) is 10.7. The maximum absolute atomic E-state index is 12.9. The van der Waals surface area contributed by atoms with E-state index in [1.807, 2.05) is 0 Å². The van der Waals surface area contributed by atoms with Crippen LogP contribution in [0.25, 0.3) is 0 Å². The molecule has 4 fully saturated rings. The molecule has 0 heterocycles. The molecule has 0 N–H and O–H groups in total. The van der Waals surface area contributed by atoms with Crippen LogP contribution in [0, 0.1) is 23.2 Å². The average molecular weight is 348 g/mol. The van der Waals surface area contributed by atoms with Crippen LogP contribution in [0.2, 0.25) is 0 Å². The summed E-state index contributed by atoms with van der Waals surface area (Å²) in [6.07, 6.45) is 8.29. The molecule has 0 unspecified atom stereocenters. The average Bonchev–Trinajstić information content (AvgIpc) is 2.51. The third kappa shape index (κ3) is 2.87. The molecule has 5 heteroatoms. The SMILES string of the molecule is CS(=O)(=O)c1ccc(OCC(=O)C23CC4CC(CC(C4)C2)C3)cc1. The van der Waals surface area contributed by atoms with Gasteiger partial charge in [0.1, 0.15) is 12.4 Å². The van der Waals surface area contributed by atoms with Gasteiger partial charge in [0.25, 0.3) is 0 Å². The van der Waals surface area contributed by atoms with E-state index in [1.165, 1.54) is 37.7 Å². The summed E-state index contributed by atoms with van der Waals surface area (Å²) in [6, 6.07) is 6.31. The standard InChI is InChI=1S/C19H24O4S/c1-24(21,22)17-4-2-16(3-5-17)23-12-18(20)19-9-13-6-14(10-19)8-15(7-13)11-19/h2-5,13-15H,6-12H2,1H3. The monoisotopic (exact) mass is 348 g/mol. The Labute approximate surface area is 143 Å². The molecular formula is C19H24O4S. The van der Waals surface area contributed by atoms with Gasteiger partial charge in [-0.2, -0.15) is 0 Å². The molecule has 4 aliphatic carbocycles. The number of hydrogen-bond donors (Lipinski definition) is 0. The van der Waals surface area contributed by atoms with Gasteiger partial charge in [-0.05, 0) is 80.5 Å². The van der Waals surface area contributed by atoms with Crippen LogP contribution in [0.5, 0.6) is 5.75 Å².